The Morgan fingerprint density at radius 2 is 1.54 bits per heavy atom. The van der Waals surface area contributed by atoms with Crippen molar-refractivity contribution in [1.29, 1.82) is 0 Å². The summed E-state index contributed by atoms with van der Waals surface area (Å²) in [7, 11) is 0. The van der Waals surface area contributed by atoms with E-state index in [4.69, 9.17) is 4.74 Å². The van der Waals surface area contributed by atoms with Crippen LogP contribution < -0.4 is 5.32 Å². The fourth-order valence-corrected chi connectivity index (χ4v) is 5.43. The van der Waals surface area contributed by atoms with E-state index in [1.165, 1.54) is 17.7 Å². The third kappa shape index (κ3) is 7.02. The van der Waals surface area contributed by atoms with Gasteiger partial charge < -0.3 is 10.1 Å². The van der Waals surface area contributed by atoms with E-state index < -0.39 is 0 Å². The molecule has 1 aliphatic rings. The van der Waals surface area contributed by atoms with Crippen LogP contribution in [0.5, 0.6) is 0 Å². The Bertz CT molecular complexity index is 1070. The Labute approximate surface area is 208 Å². The summed E-state index contributed by atoms with van der Waals surface area (Å²) in [5.74, 6) is 0.532. The van der Waals surface area contributed by atoms with Gasteiger partial charge >= 0.3 is 0 Å². The summed E-state index contributed by atoms with van der Waals surface area (Å²) in [5, 5.41) is 3.18. The first-order valence-corrected chi connectivity index (χ1v) is 12.7. The average molecular weight is 474 g/mol. The lowest BCUT2D eigenvalue weighted by Crippen LogP contribution is -2.37. The van der Waals surface area contributed by atoms with Gasteiger partial charge in [-0.25, -0.2) is 4.39 Å². The zero-order chi connectivity index (χ0) is 24.7. The molecule has 4 rings (SSSR count). The Hall–Kier alpha value is -2.98. The van der Waals surface area contributed by atoms with Crippen LogP contribution in [-0.4, -0.2) is 24.7 Å². The second kappa shape index (κ2) is 11.6. The van der Waals surface area contributed by atoms with Crippen molar-refractivity contribution < 1.29 is 13.9 Å². The second-order valence-electron chi connectivity index (χ2n) is 10.2. The summed E-state index contributed by atoms with van der Waals surface area (Å²) in [4.78, 5) is 13.1. The summed E-state index contributed by atoms with van der Waals surface area (Å²) in [6.45, 7) is 5.75. The molecule has 184 valence electrons. The fourth-order valence-electron chi connectivity index (χ4n) is 5.43. The standard InChI is InChI=1S/C31H36FNO2/c1-31(2)22-26(18-20-35-31)28(23-9-5-3-6-10-23)17-19-33-30(34)21-29(24-11-7-4-8-12-24)25-13-15-27(32)16-14-25/h3-16,26,28-29H,17-22H2,1-2H3,(H,33,34)/t26-,28+,29-/m1/s1. The van der Waals surface area contributed by atoms with Crippen molar-refractivity contribution in [3.05, 3.63) is 107 Å². The van der Waals surface area contributed by atoms with Crippen LogP contribution in [0, 0.1) is 11.7 Å². The second-order valence-corrected chi connectivity index (χ2v) is 10.2. The molecule has 0 spiro atoms. The number of hydrogen-bond donors (Lipinski definition) is 1. The molecule has 3 nitrogen and oxygen atoms in total. The molecule has 0 aromatic heterocycles. The number of hydrogen-bond acceptors (Lipinski definition) is 2. The summed E-state index contributed by atoms with van der Waals surface area (Å²) in [6.07, 6.45) is 3.28. The molecule has 4 heteroatoms. The third-order valence-corrected chi connectivity index (χ3v) is 7.17. The van der Waals surface area contributed by atoms with Crippen molar-refractivity contribution in [2.45, 2.75) is 57.0 Å². The predicted molar refractivity (Wildman–Crippen MR) is 139 cm³/mol. The molecule has 3 atom stereocenters. The number of carbonyl (C=O) groups is 1. The highest BCUT2D eigenvalue weighted by atomic mass is 19.1. The van der Waals surface area contributed by atoms with Crippen LogP contribution in [0.1, 0.15) is 68.1 Å². The van der Waals surface area contributed by atoms with Gasteiger partial charge in [-0.3, -0.25) is 4.79 Å². The minimum atomic E-state index is -0.270. The van der Waals surface area contributed by atoms with Gasteiger partial charge in [0, 0.05) is 25.5 Å². The van der Waals surface area contributed by atoms with Crippen molar-refractivity contribution in [2.24, 2.45) is 5.92 Å². The molecule has 0 bridgehead atoms. The van der Waals surface area contributed by atoms with E-state index >= 15 is 0 Å². The van der Waals surface area contributed by atoms with E-state index in [9.17, 15) is 9.18 Å². The maximum atomic E-state index is 13.5. The molecule has 1 fully saturated rings. The number of rotatable bonds is 9. The lowest BCUT2D eigenvalue weighted by Gasteiger charge is -2.39. The van der Waals surface area contributed by atoms with Gasteiger partial charge in [0.1, 0.15) is 5.82 Å². The van der Waals surface area contributed by atoms with E-state index in [0.717, 1.165) is 37.0 Å². The van der Waals surface area contributed by atoms with Crippen molar-refractivity contribution in [1.82, 2.24) is 5.32 Å². The Kier molecular flexibility index (Phi) is 8.35. The summed E-state index contributed by atoms with van der Waals surface area (Å²) >= 11 is 0. The smallest absolute Gasteiger partial charge is 0.220 e. The minimum Gasteiger partial charge on any atom is -0.376 e. The van der Waals surface area contributed by atoms with Crippen LogP contribution in [0.15, 0.2) is 84.9 Å². The van der Waals surface area contributed by atoms with Crippen molar-refractivity contribution in [3.8, 4) is 0 Å². The Morgan fingerprint density at radius 3 is 2.17 bits per heavy atom. The van der Waals surface area contributed by atoms with Gasteiger partial charge in [0.25, 0.3) is 0 Å². The molecule has 1 heterocycles. The first kappa shape index (κ1) is 25.1. The van der Waals surface area contributed by atoms with Gasteiger partial charge in [0.2, 0.25) is 5.91 Å². The van der Waals surface area contributed by atoms with Gasteiger partial charge in [0.15, 0.2) is 0 Å². The van der Waals surface area contributed by atoms with E-state index in [-0.39, 0.29) is 23.2 Å². The van der Waals surface area contributed by atoms with E-state index in [1.54, 1.807) is 12.1 Å². The van der Waals surface area contributed by atoms with Gasteiger partial charge in [-0.2, -0.15) is 0 Å². The van der Waals surface area contributed by atoms with E-state index in [2.05, 4.69) is 49.5 Å². The number of ether oxygens (including phenoxy) is 1. The van der Waals surface area contributed by atoms with E-state index in [0.29, 0.717) is 24.8 Å². The zero-order valence-corrected chi connectivity index (χ0v) is 20.8. The Balaban J connectivity index is 1.42. The highest BCUT2D eigenvalue weighted by Crippen LogP contribution is 2.39. The SMILES string of the molecule is CC1(C)C[C@H]([C@@H](CCNC(=O)C[C@H](c2ccccc2)c2ccc(F)cc2)c2ccccc2)CCO1. The third-order valence-electron chi connectivity index (χ3n) is 7.17. The maximum Gasteiger partial charge on any atom is 0.220 e. The largest absolute Gasteiger partial charge is 0.376 e. The van der Waals surface area contributed by atoms with Crippen molar-refractivity contribution in [2.75, 3.05) is 13.2 Å². The van der Waals surface area contributed by atoms with Crippen molar-refractivity contribution in [3.63, 3.8) is 0 Å². The van der Waals surface area contributed by atoms with Gasteiger partial charge in [-0.15, -0.1) is 0 Å². The van der Waals surface area contributed by atoms with Crippen molar-refractivity contribution >= 4 is 5.91 Å². The van der Waals surface area contributed by atoms with Crippen LogP contribution in [-0.2, 0) is 9.53 Å². The predicted octanol–water partition coefficient (Wildman–Crippen LogP) is 6.84. The summed E-state index contributed by atoms with van der Waals surface area (Å²) in [6, 6.07) is 27.1. The molecule has 0 radical (unpaired) electrons. The van der Waals surface area contributed by atoms with Gasteiger partial charge in [-0.05, 0) is 73.8 Å². The highest BCUT2D eigenvalue weighted by Gasteiger charge is 2.34. The Morgan fingerprint density at radius 1 is 0.943 bits per heavy atom. The number of nitrogens with one attached hydrogen (secondary N) is 1. The van der Waals surface area contributed by atoms with Crippen LogP contribution in [0.25, 0.3) is 0 Å². The summed E-state index contributed by atoms with van der Waals surface area (Å²) < 4.78 is 19.5. The maximum absolute atomic E-state index is 13.5. The molecule has 3 aromatic rings. The fraction of sp³-hybridized carbons (Fsp3) is 0.387. The van der Waals surface area contributed by atoms with E-state index in [1.807, 2.05) is 30.3 Å². The van der Waals surface area contributed by atoms with Gasteiger partial charge in [-0.1, -0.05) is 72.8 Å². The molecular formula is C31H36FNO2. The summed E-state index contributed by atoms with van der Waals surface area (Å²) in [5.41, 5.74) is 3.22. The topological polar surface area (TPSA) is 38.3 Å². The van der Waals surface area contributed by atoms with Crippen LogP contribution in [0.4, 0.5) is 4.39 Å². The van der Waals surface area contributed by atoms with Crippen LogP contribution in [0.2, 0.25) is 0 Å². The normalized spacial score (nSPS) is 19.0. The minimum absolute atomic E-state index is 0.0160. The molecule has 3 aromatic carbocycles. The monoisotopic (exact) mass is 473 g/mol. The average Bonchev–Trinajstić information content (AvgIpc) is 2.86. The van der Waals surface area contributed by atoms with Gasteiger partial charge in [0.05, 0.1) is 5.60 Å². The molecule has 1 saturated heterocycles. The first-order chi connectivity index (χ1) is 16.9. The first-order valence-electron chi connectivity index (χ1n) is 12.7. The molecule has 0 aliphatic carbocycles. The number of carbonyl (C=O) groups excluding carboxylic acids is 1. The number of benzene rings is 3. The van der Waals surface area contributed by atoms with Crippen LogP contribution >= 0.6 is 0 Å². The quantitative estimate of drug-likeness (QED) is 0.369. The molecule has 1 amide bonds. The molecule has 1 N–H and O–H groups in total. The number of amides is 1. The molecule has 0 saturated carbocycles. The van der Waals surface area contributed by atoms with Crippen LogP contribution in [0.3, 0.4) is 0 Å². The molecule has 35 heavy (non-hydrogen) atoms. The lowest BCUT2D eigenvalue weighted by atomic mass is 9.75. The lowest BCUT2D eigenvalue weighted by molar-refractivity contribution is -0.121. The molecular weight excluding hydrogens is 437 g/mol. The molecule has 1 aliphatic heterocycles. The zero-order valence-electron chi connectivity index (χ0n) is 20.8. The highest BCUT2D eigenvalue weighted by molar-refractivity contribution is 5.77. The number of halogens is 1. The molecule has 0 unspecified atom stereocenters.